The van der Waals surface area contributed by atoms with Crippen LogP contribution in [0.5, 0.6) is 0 Å². The molecule has 0 amide bonds. The van der Waals surface area contributed by atoms with E-state index in [-0.39, 0.29) is 11.7 Å². The second-order valence-corrected chi connectivity index (χ2v) is 3.20. The van der Waals surface area contributed by atoms with E-state index in [4.69, 9.17) is 0 Å². The van der Waals surface area contributed by atoms with Gasteiger partial charge in [0.05, 0.1) is 0 Å². The summed E-state index contributed by atoms with van der Waals surface area (Å²) in [6.45, 7) is 5.61. The fourth-order valence-electron chi connectivity index (χ4n) is 1.18. The van der Waals surface area contributed by atoms with Crippen LogP contribution in [0.1, 0.15) is 6.92 Å². The molecule has 0 fully saturated rings. The predicted molar refractivity (Wildman–Crippen MR) is 56.9 cm³/mol. The van der Waals surface area contributed by atoms with Crippen LogP contribution >= 0.6 is 0 Å². The van der Waals surface area contributed by atoms with Crippen LogP contribution in [0.4, 0.5) is 5.82 Å². The maximum Gasteiger partial charge on any atom is 0.348 e. The molecular formula is C9H11N5O. The largest absolute Gasteiger partial charge is 0.364 e. The van der Waals surface area contributed by atoms with Crippen molar-refractivity contribution in [1.82, 2.24) is 19.6 Å². The van der Waals surface area contributed by atoms with Crippen LogP contribution in [-0.2, 0) is 0 Å². The van der Waals surface area contributed by atoms with Gasteiger partial charge in [-0.3, -0.25) is 0 Å². The Morgan fingerprint density at radius 2 is 2.53 bits per heavy atom. The smallest absolute Gasteiger partial charge is 0.348 e. The first-order valence-corrected chi connectivity index (χ1v) is 4.52. The van der Waals surface area contributed by atoms with Crippen LogP contribution in [0.25, 0.3) is 5.65 Å². The number of aromatic nitrogens is 4. The lowest BCUT2D eigenvalue weighted by Gasteiger charge is -2.08. The zero-order chi connectivity index (χ0) is 10.8. The Labute approximate surface area is 85.7 Å². The van der Waals surface area contributed by atoms with Crippen molar-refractivity contribution in [3.8, 4) is 0 Å². The molecule has 6 nitrogen and oxygen atoms in total. The van der Waals surface area contributed by atoms with Gasteiger partial charge in [-0.05, 0) is 6.92 Å². The molecule has 0 aliphatic heterocycles. The van der Waals surface area contributed by atoms with Crippen molar-refractivity contribution in [1.29, 1.82) is 0 Å². The molecule has 0 saturated heterocycles. The third-order valence-electron chi connectivity index (χ3n) is 2.04. The molecule has 0 spiro atoms. The Hall–Kier alpha value is -2.11. The number of nitrogens with zero attached hydrogens (tertiary/aromatic N) is 3. The van der Waals surface area contributed by atoms with Gasteiger partial charge in [0.2, 0.25) is 0 Å². The Balaban J connectivity index is 2.39. The first-order valence-electron chi connectivity index (χ1n) is 4.52. The highest BCUT2D eigenvalue weighted by Gasteiger charge is 2.03. The van der Waals surface area contributed by atoms with Crippen LogP contribution in [-0.4, -0.2) is 25.6 Å². The third-order valence-corrected chi connectivity index (χ3v) is 2.04. The number of nitrogens with one attached hydrogen (secondary N) is 2. The lowest BCUT2D eigenvalue weighted by molar-refractivity contribution is 0.959. The second-order valence-electron chi connectivity index (χ2n) is 3.20. The zero-order valence-electron chi connectivity index (χ0n) is 8.27. The molecule has 2 aromatic heterocycles. The van der Waals surface area contributed by atoms with Crippen molar-refractivity contribution in [2.45, 2.75) is 13.0 Å². The quantitative estimate of drug-likeness (QED) is 0.711. The van der Waals surface area contributed by atoms with E-state index in [1.807, 2.05) is 6.92 Å². The van der Waals surface area contributed by atoms with Crippen LogP contribution in [0.3, 0.4) is 0 Å². The van der Waals surface area contributed by atoms with Crippen molar-refractivity contribution < 1.29 is 0 Å². The summed E-state index contributed by atoms with van der Waals surface area (Å²) in [6, 6.07) is 1.81. The van der Waals surface area contributed by atoms with E-state index in [1.54, 1.807) is 12.1 Å². The highest BCUT2D eigenvalue weighted by atomic mass is 16.1. The number of hydrogen-bond acceptors (Lipinski definition) is 4. The molecular weight excluding hydrogens is 194 g/mol. The summed E-state index contributed by atoms with van der Waals surface area (Å²) in [5, 5.41) is 9.27. The van der Waals surface area contributed by atoms with Crippen molar-refractivity contribution >= 4 is 11.5 Å². The minimum atomic E-state index is -0.291. The molecule has 2 rings (SSSR count). The number of aromatic amines is 1. The summed E-state index contributed by atoms with van der Waals surface area (Å²) in [6.07, 6.45) is 3.20. The SMILES string of the molecule is C=CC(C)Nc1cc2n[nH]c(=O)n2cn1. The van der Waals surface area contributed by atoms with Gasteiger partial charge >= 0.3 is 5.69 Å². The van der Waals surface area contributed by atoms with E-state index in [9.17, 15) is 4.79 Å². The monoisotopic (exact) mass is 205 g/mol. The van der Waals surface area contributed by atoms with E-state index in [2.05, 4.69) is 27.1 Å². The van der Waals surface area contributed by atoms with Gasteiger partial charge in [0, 0.05) is 12.1 Å². The molecule has 6 heteroatoms. The van der Waals surface area contributed by atoms with Crippen LogP contribution in [0.2, 0.25) is 0 Å². The molecule has 0 aliphatic rings. The third kappa shape index (κ3) is 1.74. The first-order chi connectivity index (χ1) is 7.20. The molecule has 0 radical (unpaired) electrons. The molecule has 0 saturated carbocycles. The van der Waals surface area contributed by atoms with Gasteiger partial charge in [0.1, 0.15) is 12.1 Å². The van der Waals surface area contributed by atoms with Gasteiger partial charge in [-0.25, -0.2) is 19.3 Å². The summed E-state index contributed by atoms with van der Waals surface area (Å²) in [5.41, 5.74) is 0.245. The van der Waals surface area contributed by atoms with Crippen LogP contribution in [0, 0.1) is 0 Å². The predicted octanol–water partition coefficient (Wildman–Crippen LogP) is 0.404. The molecule has 1 unspecified atom stereocenters. The minimum absolute atomic E-state index is 0.116. The fourth-order valence-corrected chi connectivity index (χ4v) is 1.18. The zero-order valence-corrected chi connectivity index (χ0v) is 8.27. The lowest BCUT2D eigenvalue weighted by Crippen LogP contribution is -2.14. The Morgan fingerprint density at radius 1 is 1.73 bits per heavy atom. The van der Waals surface area contributed by atoms with Gasteiger partial charge in [-0.2, -0.15) is 5.10 Å². The molecule has 2 heterocycles. The summed E-state index contributed by atoms with van der Waals surface area (Å²) >= 11 is 0. The maximum absolute atomic E-state index is 11.1. The molecule has 2 aromatic rings. The summed E-state index contributed by atoms with van der Waals surface area (Å²) in [4.78, 5) is 15.2. The topological polar surface area (TPSA) is 75.1 Å². The highest BCUT2D eigenvalue weighted by Crippen LogP contribution is 2.05. The standard InChI is InChI=1S/C9H11N5O/c1-3-6(2)11-7-4-8-12-13-9(15)14(8)5-10-7/h3-6,11H,1H2,2H3,(H,13,15). The number of hydrogen-bond donors (Lipinski definition) is 2. The summed E-state index contributed by atoms with van der Waals surface area (Å²) in [5.74, 6) is 0.661. The van der Waals surface area contributed by atoms with Crippen molar-refractivity contribution in [2.75, 3.05) is 5.32 Å². The molecule has 0 aliphatic carbocycles. The van der Waals surface area contributed by atoms with Gasteiger partial charge in [-0.15, -0.1) is 6.58 Å². The van der Waals surface area contributed by atoms with E-state index in [0.717, 1.165) is 0 Å². The van der Waals surface area contributed by atoms with Crippen LogP contribution in [0.15, 0.2) is 29.8 Å². The van der Waals surface area contributed by atoms with E-state index in [1.165, 1.54) is 10.7 Å². The highest BCUT2D eigenvalue weighted by molar-refractivity contribution is 5.48. The van der Waals surface area contributed by atoms with Gasteiger partial charge in [0.15, 0.2) is 5.65 Å². The summed E-state index contributed by atoms with van der Waals surface area (Å²) in [7, 11) is 0. The second kappa shape index (κ2) is 3.56. The average Bonchev–Trinajstić information content (AvgIpc) is 2.60. The number of anilines is 1. The normalized spacial score (nSPS) is 12.6. The maximum atomic E-state index is 11.1. The number of rotatable bonds is 3. The molecule has 2 N–H and O–H groups in total. The van der Waals surface area contributed by atoms with Gasteiger partial charge < -0.3 is 5.32 Å². The molecule has 0 bridgehead atoms. The molecule has 0 aromatic carbocycles. The average molecular weight is 205 g/mol. The van der Waals surface area contributed by atoms with Crippen molar-refractivity contribution in [3.05, 3.63) is 35.5 Å². The van der Waals surface area contributed by atoms with Gasteiger partial charge in [-0.1, -0.05) is 6.08 Å². The van der Waals surface area contributed by atoms with Crippen molar-refractivity contribution in [3.63, 3.8) is 0 Å². The van der Waals surface area contributed by atoms with E-state index in [0.29, 0.717) is 11.5 Å². The number of H-pyrrole nitrogens is 1. The molecule has 15 heavy (non-hydrogen) atoms. The van der Waals surface area contributed by atoms with Gasteiger partial charge in [0.25, 0.3) is 0 Å². The Kier molecular flexibility index (Phi) is 2.24. The Bertz CT molecular complexity index is 541. The molecule has 78 valence electrons. The van der Waals surface area contributed by atoms with E-state index >= 15 is 0 Å². The summed E-state index contributed by atoms with van der Waals surface area (Å²) < 4.78 is 1.34. The lowest BCUT2D eigenvalue weighted by atomic mass is 10.3. The molecule has 1 atom stereocenters. The Morgan fingerprint density at radius 3 is 3.27 bits per heavy atom. The number of fused-ring (bicyclic) bond motifs is 1. The van der Waals surface area contributed by atoms with E-state index < -0.39 is 0 Å². The van der Waals surface area contributed by atoms with Crippen LogP contribution < -0.4 is 11.0 Å². The van der Waals surface area contributed by atoms with Crippen molar-refractivity contribution in [2.24, 2.45) is 0 Å². The first kappa shape index (κ1) is 9.45. The minimum Gasteiger partial charge on any atom is -0.364 e. The fraction of sp³-hybridized carbons (Fsp3) is 0.222.